The first-order valence-electron chi connectivity index (χ1n) is 4.02. The van der Waals surface area contributed by atoms with E-state index in [0.29, 0.717) is 17.4 Å². The summed E-state index contributed by atoms with van der Waals surface area (Å²) < 4.78 is 0. The van der Waals surface area contributed by atoms with Gasteiger partial charge in [-0.3, -0.25) is 0 Å². The van der Waals surface area contributed by atoms with Gasteiger partial charge in [0, 0.05) is 24.4 Å². The van der Waals surface area contributed by atoms with Crippen LogP contribution >= 0.6 is 0 Å². The summed E-state index contributed by atoms with van der Waals surface area (Å²) in [5, 5.41) is 0. The average Bonchev–Trinajstić information content (AvgIpc) is 2.40. The highest BCUT2D eigenvalue weighted by molar-refractivity contribution is 5.31. The third kappa shape index (κ3) is 0.824. The van der Waals surface area contributed by atoms with Gasteiger partial charge in [0.1, 0.15) is 0 Å². The molecule has 2 rings (SSSR count). The van der Waals surface area contributed by atoms with Gasteiger partial charge in [0.05, 0.1) is 0 Å². The molecule has 2 heteroatoms. The van der Waals surface area contributed by atoms with Gasteiger partial charge in [-0.2, -0.15) is 0 Å². The Morgan fingerprint density at radius 3 is 2.55 bits per heavy atom. The molecule has 0 bridgehead atoms. The summed E-state index contributed by atoms with van der Waals surface area (Å²) >= 11 is 0. The molecule has 0 unspecified atom stereocenters. The minimum Gasteiger partial charge on any atom is -0.367 e. The van der Waals surface area contributed by atoms with E-state index in [9.17, 15) is 0 Å². The number of hydrogen-bond acceptors (Lipinski definition) is 1. The van der Waals surface area contributed by atoms with Crippen molar-refractivity contribution < 1.29 is 0 Å². The molecule has 0 aliphatic heterocycles. The molecule has 1 aromatic heterocycles. The Bertz CT molecular complexity index is 249. The first-order valence-corrected chi connectivity index (χ1v) is 4.02. The third-order valence-corrected chi connectivity index (χ3v) is 2.89. The molecule has 2 nitrogen and oxygen atoms in total. The van der Waals surface area contributed by atoms with E-state index in [4.69, 9.17) is 5.73 Å². The standard InChI is InChI=1S/C9H14N2/c1-9(2)7(8(9)10)6-3-4-11-5-6/h3-5,7-8,11H,10H2,1-2H3/t7-,8-/m1/s1. The van der Waals surface area contributed by atoms with Crippen LogP contribution in [-0.4, -0.2) is 11.0 Å². The summed E-state index contributed by atoms with van der Waals surface area (Å²) in [6, 6.07) is 2.46. The second-order valence-corrected chi connectivity index (χ2v) is 3.97. The smallest absolute Gasteiger partial charge is 0.0172 e. The van der Waals surface area contributed by atoms with Crippen LogP contribution < -0.4 is 5.73 Å². The van der Waals surface area contributed by atoms with Crippen LogP contribution in [0.1, 0.15) is 25.3 Å². The lowest BCUT2D eigenvalue weighted by Gasteiger charge is -1.97. The number of hydrogen-bond donors (Lipinski definition) is 2. The Balaban J connectivity index is 2.23. The SMILES string of the molecule is CC1(C)[C@H](N)[C@H]1c1cc[nH]c1. The molecule has 0 spiro atoms. The fourth-order valence-corrected chi connectivity index (χ4v) is 1.84. The molecule has 60 valence electrons. The minimum absolute atomic E-state index is 0.308. The zero-order valence-corrected chi connectivity index (χ0v) is 6.96. The molecule has 1 heterocycles. The monoisotopic (exact) mass is 150 g/mol. The second-order valence-electron chi connectivity index (χ2n) is 3.97. The zero-order valence-electron chi connectivity index (χ0n) is 6.96. The molecule has 1 fully saturated rings. The number of aromatic amines is 1. The van der Waals surface area contributed by atoms with Gasteiger partial charge >= 0.3 is 0 Å². The van der Waals surface area contributed by atoms with Gasteiger partial charge in [0.25, 0.3) is 0 Å². The summed E-state index contributed by atoms with van der Waals surface area (Å²) in [7, 11) is 0. The van der Waals surface area contributed by atoms with Gasteiger partial charge < -0.3 is 10.7 Å². The molecule has 0 amide bonds. The van der Waals surface area contributed by atoms with Gasteiger partial charge in [-0.05, 0) is 17.0 Å². The van der Waals surface area contributed by atoms with Crippen molar-refractivity contribution in [2.75, 3.05) is 0 Å². The lowest BCUT2D eigenvalue weighted by atomic mass is 10.1. The first kappa shape index (κ1) is 6.92. The molecule has 0 saturated heterocycles. The third-order valence-electron chi connectivity index (χ3n) is 2.89. The highest BCUT2D eigenvalue weighted by Crippen LogP contribution is 2.57. The Morgan fingerprint density at radius 1 is 1.55 bits per heavy atom. The molecule has 0 radical (unpaired) electrons. The summed E-state index contributed by atoms with van der Waals surface area (Å²) in [6.07, 6.45) is 4.00. The maximum atomic E-state index is 5.92. The van der Waals surface area contributed by atoms with Crippen molar-refractivity contribution in [1.29, 1.82) is 0 Å². The lowest BCUT2D eigenvalue weighted by Crippen LogP contribution is -2.06. The summed E-state index contributed by atoms with van der Waals surface area (Å²) in [5.74, 6) is 0.564. The van der Waals surface area contributed by atoms with Gasteiger partial charge in [-0.15, -0.1) is 0 Å². The number of aromatic nitrogens is 1. The van der Waals surface area contributed by atoms with E-state index in [-0.39, 0.29) is 0 Å². The Kier molecular flexibility index (Phi) is 1.19. The highest BCUT2D eigenvalue weighted by Gasteiger charge is 2.56. The van der Waals surface area contributed by atoms with Crippen molar-refractivity contribution in [3.05, 3.63) is 24.0 Å². The van der Waals surface area contributed by atoms with Crippen LogP contribution in [0.5, 0.6) is 0 Å². The van der Waals surface area contributed by atoms with Crippen LogP contribution in [0, 0.1) is 5.41 Å². The number of nitrogens with two attached hydrogens (primary N) is 1. The summed E-state index contributed by atoms with van der Waals surface area (Å²) in [6.45, 7) is 4.44. The first-order chi connectivity index (χ1) is 5.14. The van der Waals surface area contributed by atoms with E-state index in [1.54, 1.807) is 0 Å². The normalized spacial score (nSPS) is 33.7. The number of nitrogens with one attached hydrogen (secondary N) is 1. The molecule has 1 aromatic rings. The summed E-state index contributed by atoms with van der Waals surface area (Å²) in [4.78, 5) is 3.05. The molecular formula is C9H14N2. The van der Waals surface area contributed by atoms with E-state index in [0.717, 1.165) is 0 Å². The lowest BCUT2D eigenvalue weighted by molar-refractivity contribution is 0.599. The van der Waals surface area contributed by atoms with Crippen LogP contribution in [0.4, 0.5) is 0 Å². The van der Waals surface area contributed by atoms with Crippen molar-refractivity contribution in [3.63, 3.8) is 0 Å². The van der Waals surface area contributed by atoms with E-state index in [1.807, 2.05) is 12.4 Å². The van der Waals surface area contributed by atoms with E-state index >= 15 is 0 Å². The Labute approximate surface area is 66.8 Å². The molecule has 2 atom stereocenters. The fourth-order valence-electron chi connectivity index (χ4n) is 1.84. The largest absolute Gasteiger partial charge is 0.367 e. The minimum atomic E-state index is 0.308. The van der Waals surface area contributed by atoms with Crippen LogP contribution in [0.3, 0.4) is 0 Å². The van der Waals surface area contributed by atoms with E-state index in [1.165, 1.54) is 5.56 Å². The predicted octanol–water partition coefficient (Wildman–Crippen LogP) is 1.47. The topological polar surface area (TPSA) is 41.8 Å². The molecular weight excluding hydrogens is 136 g/mol. The van der Waals surface area contributed by atoms with Crippen molar-refractivity contribution in [1.82, 2.24) is 4.98 Å². The van der Waals surface area contributed by atoms with Gasteiger partial charge in [-0.25, -0.2) is 0 Å². The van der Waals surface area contributed by atoms with Crippen LogP contribution in [0.15, 0.2) is 18.5 Å². The maximum Gasteiger partial charge on any atom is 0.0172 e. The van der Waals surface area contributed by atoms with Crippen molar-refractivity contribution in [2.45, 2.75) is 25.8 Å². The highest BCUT2D eigenvalue weighted by atomic mass is 14.8. The van der Waals surface area contributed by atoms with Crippen LogP contribution in [0.2, 0.25) is 0 Å². The molecule has 1 aliphatic carbocycles. The molecule has 11 heavy (non-hydrogen) atoms. The molecule has 1 aliphatic rings. The average molecular weight is 150 g/mol. The molecule has 1 saturated carbocycles. The quantitative estimate of drug-likeness (QED) is 0.625. The predicted molar refractivity (Wildman–Crippen MR) is 45.3 cm³/mol. The zero-order chi connectivity index (χ0) is 8.06. The van der Waals surface area contributed by atoms with Crippen molar-refractivity contribution in [3.8, 4) is 0 Å². The van der Waals surface area contributed by atoms with E-state index in [2.05, 4.69) is 24.9 Å². The fraction of sp³-hybridized carbons (Fsp3) is 0.556. The second kappa shape index (κ2) is 1.89. The Hall–Kier alpha value is -0.760. The summed E-state index contributed by atoms with van der Waals surface area (Å²) in [5.41, 5.74) is 7.58. The van der Waals surface area contributed by atoms with Gasteiger partial charge in [-0.1, -0.05) is 13.8 Å². The van der Waals surface area contributed by atoms with Crippen LogP contribution in [0.25, 0.3) is 0 Å². The van der Waals surface area contributed by atoms with Gasteiger partial charge in [0.15, 0.2) is 0 Å². The molecule has 0 aromatic carbocycles. The number of rotatable bonds is 1. The van der Waals surface area contributed by atoms with Crippen molar-refractivity contribution in [2.24, 2.45) is 11.1 Å². The number of H-pyrrole nitrogens is 1. The maximum absolute atomic E-state index is 5.92. The van der Waals surface area contributed by atoms with Crippen molar-refractivity contribution >= 4 is 0 Å². The van der Waals surface area contributed by atoms with Crippen LogP contribution in [-0.2, 0) is 0 Å². The Morgan fingerprint density at radius 2 is 2.18 bits per heavy atom. The van der Waals surface area contributed by atoms with E-state index < -0.39 is 0 Å². The molecule has 3 N–H and O–H groups in total. The van der Waals surface area contributed by atoms with Gasteiger partial charge in [0.2, 0.25) is 0 Å².